The zero-order valence-electron chi connectivity index (χ0n) is 10.3. The fourth-order valence-corrected chi connectivity index (χ4v) is 1.94. The summed E-state index contributed by atoms with van der Waals surface area (Å²) in [6, 6.07) is 12.9. The minimum Gasteiger partial charge on any atom is -0.497 e. The average Bonchev–Trinajstić information content (AvgIpc) is 2.49. The van der Waals surface area contributed by atoms with Gasteiger partial charge in [0, 0.05) is 12.4 Å². The highest BCUT2D eigenvalue weighted by Gasteiger charge is 2.10. The van der Waals surface area contributed by atoms with Crippen molar-refractivity contribution in [3.63, 3.8) is 0 Å². The van der Waals surface area contributed by atoms with Gasteiger partial charge in [0.05, 0.1) is 17.7 Å². The van der Waals surface area contributed by atoms with Crippen molar-refractivity contribution in [2.24, 2.45) is 0 Å². The fourth-order valence-electron chi connectivity index (χ4n) is 1.66. The molecular formula is C15H11ClN2O. The molecule has 0 saturated carbocycles. The lowest BCUT2D eigenvalue weighted by atomic mass is 10.0. The SMILES string of the molecule is COc1cccc(/C(C#N)=C(\Cl)c2ccncc2)c1. The number of nitriles is 1. The number of hydrogen-bond acceptors (Lipinski definition) is 3. The van der Waals surface area contributed by atoms with Gasteiger partial charge in [-0.15, -0.1) is 0 Å². The molecule has 2 aromatic rings. The highest BCUT2D eigenvalue weighted by atomic mass is 35.5. The number of aromatic nitrogens is 1. The molecule has 1 heterocycles. The smallest absolute Gasteiger partial charge is 0.119 e. The molecule has 0 saturated heterocycles. The molecule has 2 rings (SSSR count). The largest absolute Gasteiger partial charge is 0.497 e. The minimum absolute atomic E-state index is 0.401. The highest BCUT2D eigenvalue weighted by Crippen LogP contribution is 2.30. The Labute approximate surface area is 116 Å². The summed E-state index contributed by atoms with van der Waals surface area (Å²) in [5.74, 6) is 0.685. The van der Waals surface area contributed by atoms with Crippen LogP contribution in [0.15, 0.2) is 48.8 Å². The molecule has 94 valence electrons. The van der Waals surface area contributed by atoms with E-state index in [2.05, 4.69) is 11.1 Å². The predicted molar refractivity (Wildman–Crippen MR) is 75.5 cm³/mol. The molecule has 0 aliphatic heterocycles. The van der Waals surface area contributed by atoms with E-state index in [1.165, 1.54) is 0 Å². The molecule has 0 aliphatic carbocycles. The van der Waals surface area contributed by atoms with Crippen molar-refractivity contribution in [2.75, 3.05) is 7.11 Å². The van der Waals surface area contributed by atoms with E-state index in [4.69, 9.17) is 16.3 Å². The van der Waals surface area contributed by atoms with E-state index in [-0.39, 0.29) is 0 Å². The molecule has 0 unspecified atom stereocenters. The molecule has 1 aromatic heterocycles. The summed E-state index contributed by atoms with van der Waals surface area (Å²) in [5, 5.41) is 9.73. The van der Waals surface area contributed by atoms with Crippen LogP contribution in [0, 0.1) is 11.3 Å². The maximum Gasteiger partial charge on any atom is 0.119 e. The van der Waals surface area contributed by atoms with Gasteiger partial charge in [0.1, 0.15) is 11.8 Å². The summed E-state index contributed by atoms with van der Waals surface area (Å²) in [7, 11) is 1.58. The Balaban J connectivity index is 2.53. The molecule has 0 bridgehead atoms. The standard InChI is InChI=1S/C15H11ClN2O/c1-19-13-4-2-3-12(9-13)14(10-17)15(16)11-5-7-18-8-6-11/h2-9H,1H3/b15-14-. The third-order valence-corrected chi connectivity index (χ3v) is 3.03. The van der Waals surface area contributed by atoms with Crippen molar-refractivity contribution in [2.45, 2.75) is 0 Å². The van der Waals surface area contributed by atoms with E-state index < -0.39 is 0 Å². The number of nitrogens with zero attached hydrogens (tertiary/aromatic N) is 2. The quantitative estimate of drug-likeness (QED) is 0.799. The van der Waals surface area contributed by atoms with Gasteiger partial charge in [-0.3, -0.25) is 4.98 Å². The second-order valence-corrected chi connectivity index (χ2v) is 4.15. The number of rotatable bonds is 3. The van der Waals surface area contributed by atoms with Gasteiger partial charge in [-0.25, -0.2) is 0 Å². The van der Waals surface area contributed by atoms with Crippen molar-refractivity contribution < 1.29 is 4.74 Å². The predicted octanol–water partition coefficient (Wildman–Crippen LogP) is 3.72. The van der Waals surface area contributed by atoms with E-state index in [0.29, 0.717) is 16.4 Å². The number of benzene rings is 1. The molecule has 19 heavy (non-hydrogen) atoms. The fraction of sp³-hybridized carbons (Fsp3) is 0.0667. The highest BCUT2D eigenvalue weighted by molar-refractivity contribution is 6.53. The van der Waals surface area contributed by atoms with Gasteiger partial charge in [-0.1, -0.05) is 23.7 Å². The third-order valence-electron chi connectivity index (χ3n) is 2.62. The summed E-state index contributed by atoms with van der Waals surface area (Å²) in [5.41, 5.74) is 1.89. The molecule has 4 heteroatoms. The van der Waals surface area contributed by atoms with Crippen LogP contribution in [0.4, 0.5) is 0 Å². The molecule has 0 fully saturated rings. The molecule has 0 amide bonds. The van der Waals surface area contributed by atoms with Crippen LogP contribution in [-0.2, 0) is 0 Å². The van der Waals surface area contributed by atoms with Gasteiger partial charge in [-0.05, 0) is 35.4 Å². The van der Waals surface area contributed by atoms with Gasteiger partial charge in [0.15, 0.2) is 0 Å². The third kappa shape index (κ3) is 2.93. The van der Waals surface area contributed by atoms with Gasteiger partial charge in [0.2, 0.25) is 0 Å². The number of hydrogen-bond donors (Lipinski definition) is 0. The number of methoxy groups -OCH3 is 1. The van der Waals surface area contributed by atoms with Crippen molar-refractivity contribution in [3.8, 4) is 11.8 Å². The number of ether oxygens (including phenoxy) is 1. The van der Waals surface area contributed by atoms with Crippen LogP contribution in [-0.4, -0.2) is 12.1 Å². The first kappa shape index (κ1) is 13.1. The summed E-state index contributed by atoms with van der Waals surface area (Å²) in [4.78, 5) is 3.93. The lowest BCUT2D eigenvalue weighted by Gasteiger charge is -2.06. The van der Waals surface area contributed by atoms with Crippen molar-refractivity contribution >= 4 is 22.2 Å². The van der Waals surface area contributed by atoms with E-state index in [1.54, 1.807) is 37.7 Å². The molecule has 0 N–H and O–H groups in total. The summed E-state index contributed by atoms with van der Waals surface area (Å²) in [6.07, 6.45) is 3.27. The Hall–Kier alpha value is -2.31. The van der Waals surface area contributed by atoms with E-state index in [0.717, 1.165) is 11.1 Å². The van der Waals surface area contributed by atoms with Gasteiger partial charge in [0.25, 0.3) is 0 Å². The number of halogens is 1. The van der Waals surface area contributed by atoms with Gasteiger partial charge < -0.3 is 4.74 Å². The first-order valence-corrected chi connectivity index (χ1v) is 5.98. The Morgan fingerprint density at radius 1 is 1.21 bits per heavy atom. The van der Waals surface area contributed by atoms with Crippen LogP contribution < -0.4 is 4.74 Å². The van der Waals surface area contributed by atoms with Crippen LogP contribution in [0.3, 0.4) is 0 Å². The van der Waals surface area contributed by atoms with E-state index in [1.807, 2.05) is 18.2 Å². The lowest BCUT2D eigenvalue weighted by molar-refractivity contribution is 0.414. The Morgan fingerprint density at radius 2 is 1.95 bits per heavy atom. The number of pyridine rings is 1. The van der Waals surface area contributed by atoms with Crippen LogP contribution in [0.25, 0.3) is 10.6 Å². The van der Waals surface area contributed by atoms with E-state index in [9.17, 15) is 5.26 Å². The van der Waals surface area contributed by atoms with Crippen molar-refractivity contribution in [3.05, 3.63) is 59.9 Å². The van der Waals surface area contributed by atoms with E-state index >= 15 is 0 Å². The van der Waals surface area contributed by atoms with Crippen LogP contribution in [0.2, 0.25) is 0 Å². The zero-order valence-corrected chi connectivity index (χ0v) is 11.1. The summed E-state index contributed by atoms with van der Waals surface area (Å²) in [6.45, 7) is 0. The Bertz CT molecular complexity index is 645. The maximum absolute atomic E-state index is 9.33. The molecule has 0 spiro atoms. The van der Waals surface area contributed by atoms with Crippen LogP contribution >= 0.6 is 11.6 Å². The Kier molecular flexibility index (Phi) is 4.17. The van der Waals surface area contributed by atoms with Crippen LogP contribution in [0.1, 0.15) is 11.1 Å². The zero-order chi connectivity index (χ0) is 13.7. The number of allylic oxidation sites excluding steroid dienone is 1. The topological polar surface area (TPSA) is 45.9 Å². The lowest BCUT2D eigenvalue weighted by Crippen LogP contribution is -1.89. The van der Waals surface area contributed by atoms with Crippen LogP contribution in [0.5, 0.6) is 5.75 Å². The average molecular weight is 271 g/mol. The maximum atomic E-state index is 9.33. The second kappa shape index (κ2) is 6.03. The van der Waals surface area contributed by atoms with Crippen molar-refractivity contribution in [1.29, 1.82) is 5.26 Å². The molecule has 3 nitrogen and oxygen atoms in total. The first-order chi connectivity index (χ1) is 9.26. The normalized spacial score (nSPS) is 11.4. The molecule has 0 aliphatic rings. The molecule has 1 aromatic carbocycles. The van der Waals surface area contributed by atoms with Crippen molar-refractivity contribution in [1.82, 2.24) is 4.98 Å². The molecule has 0 radical (unpaired) electrons. The molecule has 0 atom stereocenters. The van der Waals surface area contributed by atoms with Gasteiger partial charge >= 0.3 is 0 Å². The molecular weight excluding hydrogens is 260 g/mol. The van der Waals surface area contributed by atoms with Gasteiger partial charge in [-0.2, -0.15) is 5.26 Å². The minimum atomic E-state index is 0.401. The summed E-state index contributed by atoms with van der Waals surface area (Å²) < 4.78 is 5.15. The summed E-state index contributed by atoms with van der Waals surface area (Å²) >= 11 is 6.29. The monoisotopic (exact) mass is 270 g/mol. The first-order valence-electron chi connectivity index (χ1n) is 5.61. The second-order valence-electron chi connectivity index (χ2n) is 3.77. The Morgan fingerprint density at radius 3 is 2.58 bits per heavy atom.